The van der Waals surface area contributed by atoms with Crippen LogP contribution in [0.1, 0.15) is 37.8 Å². The predicted octanol–water partition coefficient (Wildman–Crippen LogP) is 2.03. The Morgan fingerprint density at radius 3 is 3.00 bits per heavy atom. The van der Waals surface area contributed by atoms with E-state index in [2.05, 4.69) is 10.1 Å². The molecule has 6 nitrogen and oxygen atoms in total. The molecule has 2 aromatic rings. The summed E-state index contributed by atoms with van der Waals surface area (Å²) in [6, 6.07) is 0.0222. The molecule has 3 heterocycles. The molecule has 0 saturated carbocycles. The highest BCUT2D eigenvalue weighted by atomic mass is 16.2. The summed E-state index contributed by atoms with van der Waals surface area (Å²) in [5.74, 6) is 0.173. The molecule has 0 radical (unpaired) electrons. The quantitative estimate of drug-likeness (QED) is 0.868. The van der Waals surface area contributed by atoms with E-state index in [0.717, 1.165) is 31.5 Å². The van der Waals surface area contributed by atoms with Crippen molar-refractivity contribution in [2.24, 2.45) is 0 Å². The van der Waals surface area contributed by atoms with Crippen molar-refractivity contribution in [3.05, 3.63) is 36.7 Å². The maximum atomic E-state index is 12.8. The zero-order chi connectivity index (χ0) is 15.5. The number of nitrogens with zero attached hydrogens (tertiary/aromatic N) is 5. The lowest BCUT2D eigenvalue weighted by Gasteiger charge is -2.37. The Kier molecular flexibility index (Phi) is 4.27. The average molecular weight is 301 g/mol. The number of likely N-dealkylation sites (tertiary alicyclic amines) is 1. The molecule has 2 aromatic heterocycles. The molecule has 0 aliphatic carbocycles. The first-order chi connectivity index (χ1) is 10.6. The third kappa shape index (κ3) is 3.05. The Morgan fingerprint density at radius 2 is 2.32 bits per heavy atom. The molecule has 1 aliphatic heterocycles. The van der Waals surface area contributed by atoms with Crippen molar-refractivity contribution < 1.29 is 4.79 Å². The van der Waals surface area contributed by atoms with Gasteiger partial charge in [0.15, 0.2) is 0 Å². The van der Waals surface area contributed by atoms with Crippen LogP contribution in [0.2, 0.25) is 0 Å². The minimum Gasteiger partial charge on any atom is -0.336 e. The van der Waals surface area contributed by atoms with E-state index >= 15 is 0 Å². The first-order valence-corrected chi connectivity index (χ1v) is 7.92. The number of hydrogen-bond acceptors (Lipinski definition) is 3. The third-order valence-corrected chi connectivity index (χ3v) is 4.40. The van der Waals surface area contributed by atoms with Crippen molar-refractivity contribution in [1.29, 1.82) is 0 Å². The van der Waals surface area contributed by atoms with E-state index in [1.54, 1.807) is 12.5 Å². The van der Waals surface area contributed by atoms with Crippen molar-refractivity contribution in [3.8, 4) is 0 Å². The topological polar surface area (TPSA) is 56.0 Å². The van der Waals surface area contributed by atoms with Crippen LogP contribution >= 0.6 is 0 Å². The Bertz CT molecular complexity index is 618. The number of carbonyl (C=O) groups is 1. The van der Waals surface area contributed by atoms with Crippen LogP contribution in [0.25, 0.3) is 0 Å². The summed E-state index contributed by atoms with van der Waals surface area (Å²) in [5.41, 5.74) is 1.15. The monoisotopic (exact) mass is 301 g/mol. The van der Waals surface area contributed by atoms with Crippen molar-refractivity contribution >= 4 is 5.91 Å². The molecule has 0 N–H and O–H groups in total. The van der Waals surface area contributed by atoms with E-state index in [0.29, 0.717) is 0 Å². The molecule has 3 rings (SSSR count). The Morgan fingerprint density at radius 1 is 1.45 bits per heavy atom. The number of piperidine rings is 1. The molecule has 0 unspecified atom stereocenters. The lowest BCUT2D eigenvalue weighted by Crippen LogP contribution is -2.48. The van der Waals surface area contributed by atoms with Crippen molar-refractivity contribution in [3.63, 3.8) is 0 Å². The molecule has 1 saturated heterocycles. The molecule has 0 aromatic carbocycles. The van der Waals surface area contributed by atoms with E-state index in [4.69, 9.17) is 0 Å². The molecule has 1 amide bonds. The van der Waals surface area contributed by atoms with Crippen LogP contribution in [-0.2, 0) is 11.3 Å². The van der Waals surface area contributed by atoms with Gasteiger partial charge in [0.05, 0.1) is 25.1 Å². The Balaban J connectivity index is 1.73. The number of aryl methyl sites for hydroxylation is 1. The van der Waals surface area contributed by atoms with E-state index in [9.17, 15) is 4.79 Å². The number of carbonyl (C=O) groups excluding carboxylic acids is 1. The molecule has 0 bridgehead atoms. The van der Waals surface area contributed by atoms with E-state index in [-0.39, 0.29) is 18.0 Å². The SMILES string of the molecule is Cc1cnn(C[C@H]2CCCCN2C(=O)[C@H](C)n2ccnc2)c1. The van der Waals surface area contributed by atoms with Gasteiger partial charge in [-0.2, -0.15) is 5.10 Å². The number of amides is 1. The summed E-state index contributed by atoms with van der Waals surface area (Å²) in [5, 5.41) is 4.36. The normalized spacial score (nSPS) is 20.1. The molecule has 1 aliphatic rings. The van der Waals surface area contributed by atoms with Gasteiger partial charge in [-0.15, -0.1) is 0 Å². The molecule has 118 valence electrons. The van der Waals surface area contributed by atoms with Gasteiger partial charge in [0.25, 0.3) is 0 Å². The number of rotatable bonds is 4. The van der Waals surface area contributed by atoms with Crippen LogP contribution in [0.3, 0.4) is 0 Å². The van der Waals surface area contributed by atoms with Gasteiger partial charge >= 0.3 is 0 Å². The molecule has 22 heavy (non-hydrogen) atoms. The maximum absolute atomic E-state index is 12.8. The highest BCUT2D eigenvalue weighted by molar-refractivity contribution is 5.80. The van der Waals surface area contributed by atoms with Crippen LogP contribution in [0.5, 0.6) is 0 Å². The Labute approximate surface area is 130 Å². The van der Waals surface area contributed by atoms with Crippen LogP contribution < -0.4 is 0 Å². The van der Waals surface area contributed by atoms with Crippen LogP contribution in [0, 0.1) is 6.92 Å². The second-order valence-electron chi connectivity index (χ2n) is 6.11. The van der Waals surface area contributed by atoms with E-state index in [1.165, 1.54) is 6.42 Å². The first-order valence-electron chi connectivity index (χ1n) is 7.92. The second-order valence-corrected chi connectivity index (χ2v) is 6.11. The van der Waals surface area contributed by atoms with E-state index < -0.39 is 0 Å². The van der Waals surface area contributed by atoms with Gasteiger partial charge in [-0.3, -0.25) is 9.48 Å². The zero-order valence-corrected chi connectivity index (χ0v) is 13.2. The molecule has 1 fully saturated rings. The van der Waals surface area contributed by atoms with Gasteiger partial charge in [-0.05, 0) is 38.7 Å². The van der Waals surface area contributed by atoms with Crippen LogP contribution in [0.15, 0.2) is 31.1 Å². The molecule has 2 atom stereocenters. The smallest absolute Gasteiger partial charge is 0.245 e. The number of imidazole rings is 1. The summed E-state index contributed by atoms with van der Waals surface area (Å²) >= 11 is 0. The van der Waals surface area contributed by atoms with Gasteiger partial charge in [-0.1, -0.05) is 0 Å². The van der Waals surface area contributed by atoms with Gasteiger partial charge in [0.2, 0.25) is 5.91 Å². The summed E-state index contributed by atoms with van der Waals surface area (Å²) in [6.45, 7) is 5.58. The van der Waals surface area contributed by atoms with E-state index in [1.807, 2.05) is 46.6 Å². The number of hydrogen-bond donors (Lipinski definition) is 0. The van der Waals surface area contributed by atoms with Crippen LogP contribution in [-0.4, -0.2) is 42.7 Å². The molecule has 0 spiro atoms. The van der Waals surface area contributed by atoms with Gasteiger partial charge in [0, 0.05) is 25.1 Å². The predicted molar refractivity (Wildman–Crippen MR) is 83.3 cm³/mol. The van der Waals surface area contributed by atoms with Gasteiger partial charge < -0.3 is 9.47 Å². The summed E-state index contributed by atoms with van der Waals surface area (Å²) in [6.07, 6.45) is 12.5. The fourth-order valence-corrected chi connectivity index (χ4v) is 3.13. The summed E-state index contributed by atoms with van der Waals surface area (Å²) in [4.78, 5) is 18.9. The summed E-state index contributed by atoms with van der Waals surface area (Å²) < 4.78 is 3.82. The fourth-order valence-electron chi connectivity index (χ4n) is 3.13. The van der Waals surface area contributed by atoms with Gasteiger partial charge in [0.1, 0.15) is 6.04 Å². The lowest BCUT2D eigenvalue weighted by molar-refractivity contribution is -0.138. The second kappa shape index (κ2) is 6.34. The van der Waals surface area contributed by atoms with Crippen molar-refractivity contribution in [2.75, 3.05) is 6.54 Å². The minimum absolute atomic E-state index is 0.173. The zero-order valence-electron chi connectivity index (χ0n) is 13.2. The molecular weight excluding hydrogens is 278 g/mol. The standard InChI is InChI=1S/C16H23N5O/c1-13-9-18-20(10-13)11-15-5-3-4-7-21(15)16(22)14(2)19-8-6-17-12-19/h6,8-10,12,14-15H,3-5,7,11H2,1-2H3/t14-,15+/m0/s1. The minimum atomic E-state index is -0.206. The maximum Gasteiger partial charge on any atom is 0.245 e. The highest BCUT2D eigenvalue weighted by Crippen LogP contribution is 2.22. The average Bonchev–Trinajstić information content (AvgIpc) is 3.18. The molecule has 6 heteroatoms. The van der Waals surface area contributed by atoms with Crippen molar-refractivity contribution in [2.45, 2.75) is 51.7 Å². The first kappa shape index (κ1) is 14.8. The third-order valence-electron chi connectivity index (χ3n) is 4.40. The van der Waals surface area contributed by atoms with Gasteiger partial charge in [-0.25, -0.2) is 4.98 Å². The summed E-state index contributed by atoms with van der Waals surface area (Å²) in [7, 11) is 0. The van der Waals surface area contributed by atoms with Crippen molar-refractivity contribution in [1.82, 2.24) is 24.2 Å². The fraction of sp³-hybridized carbons (Fsp3) is 0.562. The Hall–Kier alpha value is -2.11. The lowest BCUT2D eigenvalue weighted by atomic mass is 10.0. The van der Waals surface area contributed by atoms with Crippen LogP contribution in [0.4, 0.5) is 0 Å². The number of aromatic nitrogens is 4. The largest absolute Gasteiger partial charge is 0.336 e. The highest BCUT2D eigenvalue weighted by Gasteiger charge is 2.30. The molecular formula is C16H23N5O.